The van der Waals surface area contributed by atoms with Crippen LogP contribution in [-0.2, 0) is 0 Å². The van der Waals surface area contributed by atoms with Crippen LogP contribution in [0.2, 0.25) is 0 Å². The van der Waals surface area contributed by atoms with Crippen molar-refractivity contribution in [1.82, 2.24) is 19.3 Å². The summed E-state index contributed by atoms with van der Waals surface area (Å²) in [7, 11) is 2.14. The van der Waals surface area contributed by atoms with Gasteiger partial charge >= 0.3 is 0 Å². The van der Waals surface area contributed by atoms with Gasteiger partial charge in [-0.15, -0.1) is 0 Å². The summed E-state index contributed by atoms with van der Waals surface area (Å²) in [4.78, 5) is 13.9. The van der Waals surface area contributed by atoms with Crippen LogP contribution >= 0.6 is 0 Å². The summed E-state index contributed by atoms with van der Waals surface area (Å²) >= 11 is 0. The highest BCUT2D eigenvalue weighted by molar-refractivity contribution is 5.84. The number of hydrogen-bond acceptors (Lipinski definition) is 5. The maximum atomic E-state index is 9.09. The first-order chi connectivity index (χ1) is 10.8. The van der Waals surface area contributed by atoms with Crippen LogP contribution in [0.25, 0.3) is 16.7 Å². The maximum absolute atomic E-state index is 9.09. The lowest BCUT2D eigenvalue weighted by Gasteiger charge is -2.33. The number of nitrogens with zero attached hydrogens (tertiary/aromatic N) is 6. The predicted octanol–water partition coefficient (Wildman–Crippen LogP) is 1.51. The fourth-order valence-electron chi connectivity index (χ4n) is 2.94. The van der Waals surface area contributed by atoms with Crippen molar-refractivity contribution in [2.24, 2.45) is 0 Å². The van der Waals surface area contributed by atoms with Gasteiger partial charge in [0, 0.05) is 38.6 Å². The van der Waals surface area contributed by atoms with Crippen LogP contribution in [0.5, 0.6) is 0 Å². The van der Waals surface area contributed by atoms with E-state index in [4.69, 9.17) is 10.2 Å². The molecule has 0 spiro atoms. The molecule has 3 heterocycles. The summed E-state index contributed by atoms with van der Waals surface area (Å²) < 4.78 is 2.02. The summed E-state index contributed by atoms with van der Waals surface area (Å²) in [5, 5.41) is 9.09. The molecule has 3 aromatic rings. The van der Waals surface area contributed by atoms with Crippen LogP contribution in [-0.4, -0.2) is 52.5 Å². The number of piperazine rings is 1. The SMILES string of the molecule is CN1CCN(c2nc3ccc(C#N)cc3n3ccnc23)CC1. The summed E-state index contributed by atoms with van der Waals surface area (Å²) in [5.74, 6) is 0.926. The fourth-order valence-corrected chi connectivity index (χ4v) is 2.94. The molecule has 1 fully saturated rings. The second-order valence-electron chi connectivity index (χ2n) is 5.66. The third-order valence-electron chi connectivity index (χ3n) is 4.23. The Balaban J connectivity index is 1.91. The molecule has 6 nitrogen and oxygen atoms in total. The van der Waals surface area contributed by atoms with E-state index in [9.17, 15) is 0 Å². The average Bonchev–Trinajstić information content (AvgIpc) is 3.04. The van der Waals surface area contributed by atoms with E-state index in [-0.39, 0.29) is 0 Å². The zero-order chi connectivity index (χ0) is 15.1. The fraction of sp³-hybridized carbons (Fsp3) is 0.312. The number of aromatic nitrogens is 3. The van der Waals surface area contributed by atoms with Gasteiger partial charge in [0.15, 0.2) is 11.5 Å². The molecule has 0 N–H and O–H groups in total. The lowest BCUT2D eigenvalue weighted by atomic mass is 10.2. The molecule has 1 aromatic carbocycles. The minimum absolute atomic E-state index is 0.636. The van der Waals surface area contributed by atoms with Crippen molar-refractivity contribution in [3.63, 3.8) is 0 Å². The molecule has 0 radical (unpaired) electrons. The largest absolute Gasteiger partial charge is 0.351 e. The highest BCUT2D eigenvalue weighted by Crippen LogP contribution is 2.25. The van der Waals surface area contributed by atoms with E-state index >= 15 is 0 Å². The Morgan fingerprint density at radius 3 is 2.77 bits per heavy atom. The standard InChI is InChI=1S/C16H16N6/c1-20-6-8-21(9-7-20)16-15-18-4-5-22(15)14-10-12(11-17)2-3-13(14)19-16/h2-5,10H,6-9H2,1H3. The quantitative estimate of drug-likeness (QED) is 0.680. The minimum Gasteiger partial charge on any atom is -0.351 e. The van der Waals surface area contributed by atoms with Gasteiger partial charge in [-0.1, -0.05) is 0 Å². The van der Waals surface area contributed by atoms with Crippen LogP contribution in [0.3, 0.4) is 0 Å². The van der Waals surface area contributed by atoms with Crippen molar-refractivity contribution < 1.29 is 0 Å². The number of benzene rings is 1. The Labute approximate surface area is 128 Å². The molecule has 1 saturated heterocycles. The first-order valence-electron chi connectivity index (χ1n) is 7.37. The number of likely N-dealkylation sites (N-methyl/N-ethyl adjacent to an activating group) is 1. The van der Waals surface area contributed by atoms with Crippen LogP contribution in [0, 0.1) is 11.3 Å². The van der Waals surface area contributed by atoms with E-state index in [1.54, 1.807) is 6.20 Å². The topological polar surface area (TPSA) is 60.5 Å². The minimum atomic E-state index is 0.636. The van der Waals surface area contributed by atoms with Gasteiger partial charge in [-0.25, -0.2) is 9.97 Å². The Kier molecular flexibility index (Phi) is 2.94. The lowest BCUT2D eigenvalue weighted by molar-refractivity contribution is 0.312. The summed E-state index contributed by atoms with van der Waals surface area (Å²) in [6.45, 7) is 3.96. The van der Waals surface area contributed by atoms with Crippen molar-refractivity contribution in [2.45, 2.75) is 0 Å². The molecule has 22 heavy (non-hydrogen) atoms. The second kappa shape index (κ2) is 4.97. The van der Waals surface area contributed by atoms with Gasteiger partial charge in [-0.3, -0.25) is 4.40 Å². The molecule has 0 aliphatic carbocycles. The second-order valence-corrected chi connectivity index (χ2v) is 5.66. The van der Waals surface area contributed by atoms with Crippen LogP contribution in [0.4, 0.5) is 5.82 Å². The number of rotatable bonds is 1. The van der Waals surface area contributed by atoms with Crippen LogP contribution in [0.1, 0.15) is 5.56 Å². The van der Waals surface area contributed by atoms with Gasteiger partial charge in [0.05, 0.1) is 22.7 Å². The molecule has 2 aromatic heterocycles. The molecule has 0 saturated carbocycles. The third kappa shape index (κ3) is 1.98. The smallest absolute Gasteiger partial charge is 0.180 e. The summed E-state index contributed by atoms with van der Waals surface area (Å²) in [6, 6.07) is 7.77. The lowest BCUT2D eigenvalue weighted by Crippen LogP contribution is -2.45. The highest BCUT2D eigenvalue weighted by atomic mass is 15.3. The predicted molar refractivity (Wildman–Crippen MR) is 84.9 cm³/mol. The van der Waals surface area contributed by atoms with Crippen LogP contribution in [0.15, 0.2) is 30.6 Å². The van der Waals surface area contributed by atoms with Crippen molar-refractivity contribution in [3.05, 3.63) is 36.2 Å². The molecular weight excluding hydrogens is 276 g/mol. The molecule has 1 aliphatic heterocycles. The van der Waals surface area contributed by atoms with E-state index in [1.165, 1.54) is 0 Å². The summed E-state index contributed by atoms with van der Waals surface area (Å²) in [5.41, 5.74) is 3.30. The molecule has 0 atom stereocenters. The van der Waals surface area contributed by atoms with Crippen molar-refractivity contribution in [3.8, 4) is 6.07 Å². The first-order valence-corrected chi connectivity index (χ1v) is 7.37. The molecular formula is C16H16N6. The molecule has 0 amide bonds. The normalized spacial score (nSPS) is 16.3. The van der Waals surface area contributed by atoms with Crippen molar-refractivity contribution in [2.75, 3.05) is 38.1 Å². The molecule has 4 rings (SSSR count). The van der Waals surface area contributed by atoms with Gasteiger partial charge in [0.2, 0.25) is 0 Å². The summed E-state index contributed by atoms with van der Waals surface area (Å²) in [6.07, 6.45) is 3.72. The van der Waals surface area contributed by atoms with Gasteiger partial charge < -0.3 is 9.80 Å². The Morgan fingerprint density at radius 2 is 2.00 bits per heavy atom. The number of hydrogen-bond donors (Lipinski definition) is 0. The zero-order valence-electron chi connectivity index (χ0n) is 12.4. The van der Waals surface area contributed by atoms with Gasteiger partial charge in [0.1, 0.15) is 0 Å². The van der Waals surface area contributed by atoms with E-state index in [2.05, 4.69) is 27.9 Å². The zero-order valence-corrected chi connectivity index (χ0v) is 12.4. The Bertz CT molecular complexity index is 883. The number of fused-ring (bicyclic) bond motifs is 3. The van der Waals surface area contributed by atoms with Gasteiger partial charge in [0.25, 0.3) is 0 Å². The monoisotopic (exact) mass is 292 g/mol. The highest BCUT2D eigenvalue weighted by Gasteiger charge is 2.20. The van der Waals surface area contributed by atoms with E-state index in [0.29, 0.717) is 5.56 Å². The van der Waals surface area contributed by atoms with Gasteiger partial charge in [-0.05, 0) is 25.2 Å². The van der Waals surface area contributed by atoms with E-state index < -0.39 is 0 Å². The van der Waals surface area contributed by atoms with Crippen molar-refractivity contribution >= 4 is 22.5 Å². The Hall–Kier alpha value is -2.65. The van der Waals surface area contributed by atoms with E-state index in [1.807, 2.05) is 28.8 Å². The molecule has 6 heteroatoms. The number of imidazole rings is 1. The van der Waals surface area contributed by atoms with Gasteiger partial charge in [-0.2, -0.15) is 5.26 Å². The number of nitriles is 1. The molecule has 1 aliphatic rings. The average molecular weight is 292 g/mol. The van der Waals surface area contributed by atoms with Crippen molar-refractivity contribution in [1.29, 1.82) is 5.26 Å². The Morgan fingerprint density at radius 1 is 1.18 bits per heavy atom. The molecule has 0 unspecified atom stereocenters. The third-order valence-corrected chi connectivity index (χ3v) is 4.23. The van der Waals surface area contributed by atoms with E-state index in [0.717, 1.165) is 48.7 Å². The molecule has 110 valence electrons. The maximum Gasteiger partial charge on any atom is 0.180 e. The molecule has 0 bridgehead atoms. The number of anilines is 1. The first kappa shape index (κ1) is 13.0. The van der Waals surface area contributed by atoms with Crippen LogP contribution < -0.4 is 4.90 Å².